The number of amides is 1. The summed E-state index contributed by atoms with van der Waals surface area (Å²) in [4.78, 5) is 11.8. The maximum atomic E-state index is 11.8. The standard InChI is InChI=1S/C16H19NO2/c1-2-3-4-11-16(18)17-14-9-7-12-19-15-10-6-5-8-13(14)15/h2-6,8,10-11,14H,7,9,12H2,1H3,(H,17,18)/b3-2+,11-4+. The molecular weight excluding hydrogens is 238 g/mol. The van der Waals surface area contributed by atoms with Crippen molar-refractivity contribution < 1.29 is 9.53 Å². The van der Waals surface area contributed by atoms with Crippen LogP contribution in [0.2, 0.25) is 0 Å². The molecule has 2 rings (SSSR count). The number of nitrogens with one attached hydrogen (secondary N) is 1. The van der Waals surface area contributed by atoms with Gasteiger partial charge in [-0.05, 0) is 25.8 Å². The number of benzene rings is 1. The lowest BCUT2D eigenvalue weighted by molar-refractivity contribution is -0.117. The van der Waals surface area contributed by atoms with Gasteiger partial charge in [-0.1, -0.05) is 36.4 Å². The van der Waals surface area contributed by atoms with Crippen LogP contribution in [0.5, 0.6) is 5.75 Å². The predicted octanol–water partition coefficient (Wildman–Crippen LogP) is 3.15. The van der Waals surface area contributed by atoms with Crippen LogP contribution in [0, 0.1) is 0 Å². The third-order valence-electron chi connectivity index (χ3n) is 3.06. The highest BCUT2D eigenvalue weighted by Gasteiger charge is 2.20. The minimum absolute atomic E-state index is 0.0291. The molecule has 0 aromatic heterocycles. The molecule has 1 N–H and O–H groups in total. The molecule has 19 heavy (non-hydrogen) atoms. The zero-order valence-electron chi connectivity index (χ0n) is 11.1. The molecule has 1 aromatic carbocycles. The summed E-state index contributed by atoms with van der Waals surface area (Å²) in [6.45, 7) is 2.62. The van der Waals surface area contributed by atoms with Crippen LogP contribution in [0.25, 0.3) is 0 Å². The van der Waals surface area contributed by atoms with Gasteiger partial charge in [-0.3, -0.25) is 4.79 Å². The number of hydrogen-bond donors (Lipinski definition) is 1. The van der Waals surface area contributed by atoms with E-state index in [1.807, 2.05) is 43.3 Å². The number of fused-ring (bicyclic) bond motifs is 1. The summed E-state index contributed by atoms with van der Waals surface area (Å²) >= 11 is 0. The van der Waals surface area contributed by atoms with Crippen LogP contribution in [-0.4, -0.2) is 12.5 Å². The minimum Gasteiger partial charge on any atom is -0.493 e. The van der Waals surface area contributed by atoms with E-state index in [0.717, 1.165) is 24.2 Å². The first-order valence-corrected chi connectivity index (χ1v) is 6.63. The van der Waals surface area contributed by atoms with E-state index in [9.17, 15) is 4.79 Å². The Morgan fingerprint density at radius 3 is 3.05 bits per heavy atom. The summed E-state index contributed by atoms with van der Waals surface area (Å²) in [5, 5.41) is 3.03. The van der Waals surface area contributed by atoms with Crippen molar-refractivity contribution in [2.24, 2.45) is 0 Å². The molecule has 0 radical (unpaired) electrons. The lowest BCUT2D eigenvalue weighted by atomic mass is 10.0. The lowest BCUT2D eigenvalue weighted by Gasteiger charge is -2.17. The molecule has 0 saturated carbocycles. The van der Waals surface area contributed by atoms with Crippen molar-refractivity contribution in [3.63, 3.8) is 0 Å². The normalized spacial score (nSPS) is 18.9. The van der Waals surface area contributed by atoms with E-state index >= 15 is 0 Å². The third-order valence-corrected chi connectivity index (χ3v) is 3.06. The molecule has 0 spiro atoms. The average Bonchev–Trinajstić information content (AvgIpc) is 2.62. The fourth-order valence-electron chi connectivity index (χ4n) is 2.15. The highest BCUT2D eigenvalue weighted by Crippen LogP contribution is 2.30. The molecule has 1 unspecified atom stereocenters. The van der Waals surface area contributed by atoms with Gasteiger partial charge in [-0.2, -0.15) is 0 Å². The number of para-hydroxylation sites is 1. The summed E-state index contributed by atoms with van der Waals surface area (Å²) in [5.74, 6) is 0.808. The molecule has 1 aromatic rings. The first-order chi connectivity index (χ1) is 9.31. The van der Waals surface area contributed by atoms with Gasteiger partial charge in [0.15, 0.2) is 0 Å². The second-order valence-electron chi connectivity index (χ2n) is 4.47. The Bertz CT molecular complexity index is 491. The largest absolute Gasteiger partial charge is 0.493 e. The van der Waals surface area contributed by atoms with Gasteiger partial charge in [-0.15, -0.1) is 0 Å². The van der Waals surface area contributed by atoms with Crippen LogP contribution in [0.4, 0.5) is 0 Å². The molecule has 0 saturated heterocycles. The Hall–Kier alpha value is -2.03. The van der Waals surface area contributed by atoms with E-state index in [0.29, 0.717) is 6.61 Å². The second kappa shape index (κ2) is 6.78. The minimum atomic E-state index is -0.0696. The van der Waals surface area contributed by atoms with Crippen molar-refractivity contribution in [2.75, 3.05) is 6.61 Å². The Balaban J connectivity index is 2.09. The molecule has 0 fully saturated rings. The summed E-state index contributed by atoms with van der Waals surface area (Å²) in [7, 11) is 0. The number of allylic oxidation sites excluding steroid dienone is 3. The zero-order valence-corrected chi connectivity index (χ0v) is 11.1. The van der Waals surface area contributed by atoms with Gasteiger partial charge in [0.05, 0.1) is 12.6 Å². The Morgan fingerprint density at radius 2 is 2.21 bits per heavy atom. The monoisotopic (exact) mass is 257 g/mol. The maximum Gasteiger partial charge on any atom is 0.244 e. The van der Waals surface area contributed by atoms with Gasteiger partial charge in [0.2, 0.25) is 5.91 Å². The van der Waals surface area contributed by atoms with Gasteiger partial charge in [-0.25, -0.2) is 0 Å². The van der Waals surface area contributed by atoms with Gasteiger partial charge < -0.3 is 10.1 Å². The molecule has 100 valence electrons. The van der Waals surface area contributed by atoms with E-state index in [1.54, 1.807) is 12.2 Å². The highest BCUT2D eigenvalue weighted by molar-refractivity contribution is 5.88. The quantitative estimate of drug-likeness (QED) is 0.667. The Labute approximate surface area is 114 Å². The van der Waals surface area contributed by atoms with Crippen LogP contribution >= 0.6 is 0 Å². The van der Waals surface area contributed by atoms with E-state index in [4.69, 9.17) is 4.74 Å². The first-order valence-electron chi connectivity index (χ1n) is 6.63. The number of rotatable bonds is 3. The SMILES string of the molecule is C/C=C/C=C/C(=O)NC1CCCOc2ccccc21. The van der Waals surface area contributed by atoms with E-state index in [-0.39, 0.29) is 11.9 Å². The number of ether oxygens (including phenoxy) is 1. The first kappa shape index (κ1) is 13.4. The van der Waals surface area contributed by atoms with Crippen molar-refractivity contribution in [1.29, 1.82) is 0 Å². The topological polar surface area (TPSA) is 38.3 Å². The predicted molar refractivity (Wildman–Crippen MR) is 76.0 cm³/mol. The lowest BCUT2D eigenvalue weighted by Crippen LogP contribution is -2.26. The van der Waals surface area contributed by atoms with Crippen LogP contribution < -0.4 is 10.1 Å². The Kier molecular flexibility index (Phi) is 4.78. The summed E-state index contributed by atoms with van der Waals surface area (Å²) in [5.41, 5.74) is 1.06. The van der Waals surface area contributed by atoms with Crippen molar-refractivity contribution in [1.82, 2.24) is 5.32 Å². The average molecular weight is 257 g/mol. The van der Waals surface area contributed by atoms with Gasteiger partial charge in [0.25, 0.3) is 0 Å². The molecule has 3 heteroatoms. The summed E-state index contributed by atoms with van der Waals surface area (Å²) in [6, 6.07) is 7.93. The smallest absolute Gasteiger partial charge is 0.244 e. The molecule has 1 atom stereocenters. The molecule has 1 aliphatic heterocycles. The van der Waals surface area contributed by atoms with Crippen molar-refractivity contribution >= 4 is 5.91 Å². The molecule has 1 amide bonds. The molecule has 1 aliphatic rings. The van der Waals surface area contributed by atoms with E-state index in [2.05, 4.69) is 5.32 Å². The molecule has 1 heterocycles. The molecule has 0 bridgehead atoms. The highest BCUT2D eigenvalue weighted by atomic mass is 16.5. The van der Waals surface area contributed by atoms with Gasteiger partial charge in [0, 0.05) is 11.6 Å². The van der Waals surface area contributed by atoms with Crippen LogP contribution in [0.15, 0.2) is 48.6 Å². The van der Waals surface area contributed by atoms with Crippen molar-refractivity contribution in [3.8, 4) is 5.75 Å². The third kappa shape index (κ3) is 3.71. The van der Waals surface area contributed by atoms with Gasteiger partial charge in [0.1, 0.15) is 5.75 Å². The maximum absolute atomic E-state index is 11.8. The van der Waals surface area contributed by atoms with Gasteiger partial charge >= 0.3 is 0 Å². The van der Waals surface area contributed by atoms with Crippen LogP contribution in [-0.2, 0) is 4.79 Å². The summed E-state index contributed by atoms with van der Waals surface area (Å²) < 4.78 is 5.68. The van der Waals surface area contributed by atoms with Crippen LogP contribution in [0.1, 0.15) is 31.4 Å². The second-order valence-corrected chi connectivity index (χ2v) is 4.47. The number of hydrogen-bond acceptors (Lipinski definition) is 2. The summed E-state index contributed by atoms with van der Waals surface area (Å²) in [6.07, 6.45) is 8.86. The zero-order chi connectivity index (χ0) is 13.5. The number of carbonyl (C=O) groups excluding carboxylic acids is 1. The fraction of sp³-hybridized carbons (Fsp3) is 0.312. The van der Waals surface area contributed by atoms with E-state index < -0.39 is 0 Å². The molecule has 3 nitrogen and oxygen atoms in total. The molecule has 0 aliphatic carbocycles. The van der Waals surface area contributed by atoms with Crippen molar-refractivity contribution in [2.45, 2.75) is 25.8 Å². The number of carbonyl (C=O) groups is 1. The molecular formula is C16H19NO2. The van der Waals surface area contributed by atoms with Crippen molar-refractivity contribution in [3.05, 3.63) is 54.1 Å². The van der Waals surface area contributed by atoms with Crippen LogP contribution in [0.3, 0.4) is 0 Å². The Morgan fingerprint density at radius 1 is 1.37 bits per heavy atom. The fourth-order valence-corrected chi connectivity index (χ4v) is 2.15. The van der Waals surface area contributed by atoms with E-state index in [1.165, 1.54) is 0 Å².